The maximum absolute atomic E-state index is 12.4. The van der Waals surface area contributed by atoms with Gasteiger partial charge in [0.05, 0.1) is 5.02 Å². The molecule has 144 valence electrons. The minimum absolute atomic E-state index is 0.00708. The largest absolute Gasteiger partial charge is 0.482 e. The molecule has 2 amide bonds. The number of nitrogens with zero attached hydrogens (tertiary/aromatic N) is 1. The van der Waals surface area contributed by atoms with Crippen LogP contribution < -0.4 is 15.4 Å². The SMILES string of the molecule is CCN(CC)C(=O)COc1ccc(NC(=O)[C@H]2CCN[C@@H](C)C2)cc1Cl. The van der Waals surface area contributed by atoms with Crippen LogP contribution in [0, 0.1) is 5.92 Å². The van der Waals surface area contributed by atoms with Crippen LogP contribution in [0.25, 0.3) is 0 Å². The van der Waals surface area contributed by atoms with E-state index in [9.17, 15) is 9.59 Å². The Morgan fingerprint density at radius 2 is 2.08 bits per heavy atom. The molecule has 26 heavy (non-hydrogen) atoms. The fourth-order valence-corrected chi connectivity index (χ4v) is 3.35. The van der Waals surface area contributed by atoms with Gasteiger partial charge in [-0.1, -0.05) is 11.6 Å². The number of amides is 2. The lowest BCUT2D eigenvalue weighted by Crippen LogP contribution is -2.40. The predicted molar refractivity (Wildman–Crippen MR) is 104 cm³/mol. The highest BCUT2D eigenvalue weighted by Crippen LogP contribution is 2.28. The predicted octanol–water partition coefficient (Wildman–Crippen LogP) is 2.91. The lowest BCUT2D eigenvalue weighted by molar-refractivity contribution is -0.133. The van der Waals surface area contributed by atoms with Gasteiger partial charge < -0.3 is 20.3 Å². The number of carbonyl (C=O) groups excluding carboxylic acids is 2. The van der Waals surface area contributed by atoms with Crippen molar-refractivity contribution in [2.75, 3.05) is 31.6 Å². The average Bonchev–Trinajstić information content (AvgIpc) is 2.62. The number of halogens is 1. The van der Waals surface area contributed by atoms with Gasteiger partial charge in [-0.05, 0) is 58.4 Å². The molecule has 0 bridgehead atoms. The zero-order valence-electron chi connectivity index (χ0n) is 15.7. The van der Waals surface area contributed by atoms with Gasteiger partial charge in [-0.15, -0.1) is 0 Å². The Morgan fingerprint density at radius 1 is 1.35 bits per heavy atom. The lowest BCUT2D eigenvalue weighted by Gasteiger charge is -2.27. The monoisotopic (exact) mass is 381 g/mol. The highest BCUT2D eigenvalue weighted by molar-refractivity contribution is 6.32. The van der Waals surface area contributed by atoms with Gasteiger partial charge in [0.25, 0.3) is 5.91 Å². The minimum atomic E-state index is -0.0801. The Hall–Kier alpha value is -1.79. The van der Waals surface area contributed by atoms with Crippen LogP contribution in [0.4, 0.5) is 5.69 Å². The molecule has 2 N–H and O–H groups in total. The molecule has 0 aliphatic carbocycles. The van der Waals surface area contributed by atoms with E-state index in [2.05, 4.69) is 17.6 Å². The van der Waals surface area contributed by atoms with Gasteiger partial charge in [-0.2, -0.15) is 0 Å². The van der Waals surface area contributed by atoms with Crippen LogP contribution in [0.1, 0.15) is 33.6 Å². The first-order valence-electron chi connectivity index (χ1n) is 9.18. The van der Waals surface area contributed by atoms with Gasteiger partial charge >= 0.3 is 0 Å². The van der Waals surface area contributed by atoms with Crippen molar-refractivity contribution in [2.45, 2.75) is 39.7 Å². The van der Waals surface area contributed by atoms with E-state index in [4.69, 9.17) is 16.3 Å². The van der Waals surface area contributed by atoms with Crippen LogP contribution >= 0.6 is 11.6 Å². The second-order valence-corrected chi connectivity index (χ2v) is 6.97. The van der Waals surface area contributed by atoms with E-state index in [0.717, 1.165) is 19.4 Å². The molecular formula is C19H28ClN3O3. The number of carbonyl (C=O) groups is 2. The van der Waals surface area contributed by atoms with E-state index in [1.54, 1.807) is 23.1 Å². The number of nitrogens with one attached hydrogen (secondary N) is 2. The third-order valence-corrected chi connectivity index (χ3v) is 4.96. The summed E-state index contributed by atoms with van der Waals surface area (Å²) in [6.07, 6.45) is 1.66. The summed E-state index contributed by atoms with van der Waals surface area (Å²) in [5, 5.41) is 6.63. The average molecular weight is 382 g/mol. The molecule has 0 aromatic heterocycles. The summed E-state index contributed by atoms with van der Waals surface area (Å²) in [7, 11) is 0. The van der Waals surface area contributed by atoms with Crippen molar-refractivity contribution in [2.24, 2.45) is 5.92 Å². The molecular weight excluding hydrogens is 354 g/mol. The van der Waals surface area contributed by atoms with Crippen molar-refractivity contribution in [3.05, 3.63) is 23.2 Å². The van der Waals surface area contributed by atoms with Gasteiger partial charge in [0.1, 0.15) is 5.75 Å². The van der Waals surface area contributed by atoms with E-state index in [0.29, 0.717) is 35.6 Å². The number of hydrogen-bond donors (Lipinski definition) is 2. The Morgan fingerprint density at radius 3 is 2.69 bits per heavy atom. The van der Waals surface area contributed by atoms with Crippen molar-refractivity contribution in [3.8, 4) is 5.75 Å². The Labute approximate surface area is 160 Å². The van der Waals surface area contributed by atoms with Crippen LogP contribution in [0.5, 0.6) is 5.75 Å². The number of benzene rings is 1. The van der Waals surface area contributed by atoms with Crippen molar-refractivity contribution < 1.29 is 14.3 Å². The molecule has 1 saturated heterocycles. The fourth-order valence-electron chi connectivity index (χ4n) is 3.12. The molecule has 1 aliphatic heterocycles. The first-order valence-corrected chi connectivity index (χ1v) is 9.56. The maximum Gasteiger partial charge on any atom is 0.260 e. The van der Waals surface area contributed by atoms with Crippen molar-refractivity contribution in [1.29, 1.82) is 0 Å². The Balaban J connectivity index is 1.92. The lowest BCUT2D eigenvalue weighted by atomic mass is 9.92. The van der Waals surface area contributed by atoms with Gasteiger partial charge in [0.15, 0.2) is 6.61 Å². The Bertz CT molecular complexity index is 634. The molecule has 2 rings (SSSR count). The summed E-state index contributed by atoms with van der Waals surface area (Å²) in [4.78, 5) is 26.1. The van der Waals surface area contributed by atoms with Crippen molar-refractivity contribution in [1.82, 2.24) is 10.2 Å². The first kappa shape index (κ1) is 20.5. The van der Waals surface area contributed by atoms with Crippen LogP contribution in [0.3, 0.4) is 0 Å². The number of likely N-dealkylation sites (N-methyl/N-ethyl adjacent to an activating group) is 1. The molecule has 0 unspecified atom stereocenters. The summed E-state index contributed by atoms with van der Waals surface area (Å²) in [6, 6.07) is 5.42. The van der Waals surface area contributed by atoms with Crippen LogP contribution in [0.2, 0.25) is 5.02 Å². The number of anilines is 1. The number of ether oxygens (including phenoxy) is 1. The molecule has 1 aromatic rings. The van der Waals surface area contributed by atoms with E-state index >= 15 is 0 Å². The highest BCUT2D eigenvalue weighted by atomic mass is 35.5. The fraction of sp³-hybridized carbons (Fsp3) is 0.579. The summed E-state index contributed by atoms with van der Waals surface area (Å²) in [5.74, 6) is 0.372. The quantitative estimate of drug-likeness (QED) is 0.761. The van der Waals surface area contributed by atoms with Gasteiger partial charge in [0.2, 0.25) is 5.91 Å². The molecule has 1 heterocycles. The summed E-state index contributed by atoms with van der Waals surface area (Å²) >= 11 is 6.24. The molecule has 1 aromatic carbocycles. The molecule has 1 fully saturated rings. The second-order valence-electron chi connectivity index (χ2n) is 6.57. The maximum atomic E-state index is 12.4. The minimum Gasteiger partial charge on any atom is -0.482 e. The van der Waals surface area contributed by atoms with E-state index in [1.807, 2.05) is 13.8 Å². The van der Waals surface area contributed by atoms with E-state index in [1.165, 1.54) is 0 Å². The standard InChI is InChI=1S/C19H28ClN3O3/c1-4-23(5-2)18(24)12-26-17-7-6-15(11-16(17)20)22-19(25)14-8-9-21-13(3)10-14/h6-7,11,13-14,21H,4-5,8-10,12H2,1-3H3,(H,22,25)/t13-,14-/m0/s1. The zero-order chi connectivity index (χ0) is 19.1. The van der Waals surface area contributed by atoms with Crippen molar-refractivity contribution in [3.63, 3.8) is 0 Å². The molecule has 0 spiro atoms. The third kappa shape index (κ3) is 5.61. The second kappa shape index (κ2) is 9.78. The zero-order valence-corrected chi connectivity index (χ0v) is 16.4. The molecule has 2 atom stereocenters. The van der Waals surface area contributed by atoms with Crippen LogP contribution in [-0.4, -0.2) is 49.0 Å². The molecule has 6 nitrogen and oxygen atoms in total. The highest BCUT2D eigenvalue weighted by Gasteiger charge is 2.24. The van der Waals surface area contributed by atoms with Gasteiger partial charge in [0, 0.05) is 30.7 Å². The summed E-state index contributed by atoms with van der Waals surface area (Å²) < 4.78 is 5.53. The van der Waals surface area contributed by atoms with Crippen LogP contribution in [-0.2, 0) is 9.59 Å². The summed E-state index contributed by atoms with van der Waals surface area (Å²) in [5.41, 5.74) is 0.633. The van der Waals surface area contributed by atoms with Crippen molar-refractivity contribution >= 4 is 29.1 Å². The van der Waals surface area contributed by atoms with Gasteiger partial charge in [-0.3, -0.25) is 9.59 Å². The molecule has 0 radical (unpaired) electrons. The third-order valence-electron chi connectivity index (χ3n) is 4.66. The summed E-state index contributed by atoms with van der Waals surface area (Å²) in [6.45, 7) is 8.03. The molecule has 0 saturated carbocycles. The molecule has 7 heteroatoms. The number of piperidine rings is 1. The van der Waals surface area contributed by atoms with E-state index < -0.39 is 0 Å². The molecule has 1 aliphatic rings. The number of hydrogen-bond acceptors (Lipinski definition) is 4. The Kier molecular flexibility index (Phi) is 7.72. The smallest absolute Gasteiger partial charge is 0.260 e. The van der Waals surface area contributed by atoms with Crippen LogP contribution in [0.15, 0.2) is 18.2 Å². The number of rotatable bonds is 7. The van der Waals surface area contributed by atoms with Gasteiger partial charge in [-0.25, -0.2) is 0 Å². The first-order chi connectivity index (χ1) is 12.4. The topological polar surface area (TPSA) is 70.7 Å². The van der Waals surface area contributed by atoms with E-state index in [-0.39, 0.29) is 24.3 Å². The normalized spacial score (nSPS) is 19.7.